The van der Waals surface area contributed by atoms with E-state index in [0.29, 0.717) is 75.2 Å². The van der Waals surface area contributed by atoms with E-state index in [1.807, 2.05) is 24.3 Å². The lowest BCUT2D eigenvalue weighted by atomic mass is 10.1. The van der Waals surface area contributed by atoms with Gasteiger partial charge in [-0.2, -0.15) is 10.2 Å². The monoisotopic (exact) mass is 1090 g/mol. The van der Waals surface area contributed by atoms with Crippen molar-refractivity contribution in [3.8, 4) is 11.5 Å². The number of pyridine rings is 4. The van der Waals surface area contributed by atoms with Crippen LogP contribution in [0.4, 0.5) is 8.78 Å². The fourth-order valence-corrected chi connectivity index (χ4v) is 11.4. The number of aldehydes is 1. The summed E-state index contributed by atoms with van der Waals surface area (Å²) in [6.07, 6.45) is 5.36. The zero-order valence-corrected chi connectivity index (χ0v) is 44.9. The molecule has 0 unspecified atom stereocenters. The zero-order chi connectivity index (χ0) is 55.9. The second-order valence-corrected chi connectivity index (χ2v) is 25.2. The Balaban J connectivity index is 0.000000173. The number of halogens is 2. The standard InChI is InChI=1S/C27H25FN5O3P.C20H18FN5O3.C9H11O2P/c1-37(2,36)22-8-4-3-6-19(22)16-30-31-26-21-7-5-13-29-23(21)25(34)24-27(35)32(14-15-33(24)26)17-18-9-11-20(28)12-10-18;1-12(27)29-18-16-15(3-2-8-23-16)19(24-22)26-10-9-25(20(28)17(18)26)11-13-4-6-14(21)7-5-13;1-12(2,11)9-6-4-3-5-8(9)7-10/h3-13,16,34H,14-15,17H2,1-2H3;2-8H,9-11,22H2,1H3;3-7H,1-2H3/b30-16-,31-26-;24-19-;. The van der Waals surface area contributed by atoms with Crippen molar-refractivity contribution < 1.29 is 46.9 Å². The minimum absolute atomic E-state index is 0.0699. The molecule has 8 aromatic rings. The molecule has 2 amide bonds. The number of fused-ring (bicyclic) bond motifs is 4. The van der Waals surface area contributed by atoms with Gasteiger partial charge in [0.15, 0.2) is 40.1 Å². The third kappa shape index (κ3) is 12.3. The summed E-state index contributed by atoms with van der Waals surface area (Å²) in [5.41, 5.74) is 4.35. The molecule has 3 N–H and O–H groups in total. The molecule has 10 rings (SSSR count). The average Bonchev–Trinajstić information content (AvgIpc) is 3.47. The number of hydrogen-bond acceptors (Lipinski definition) is 14. The zero-order valence-electron chi connectivity index (χ0n) is 43.2. The Kier molecular flexibility index (Phi) is 16.8. The number of ether oxygens (including phenoxy) is 1. The van der Waals surface area contributed by atoms with Gasteiger partial charge in [0.2, 0.25) is 0 Å². The minimum atomic E-state index is -2.53. The van der Waals surface area contributed by atoms with Crippen LogP contribution in [0, 0.1) is 11.6 Å². The summed E-state index contributed by atoms with van der Waals surface area (Å²) in [4.78, 5) is 60.9. The van der Waals surface area contributed by atoms with Crippen LogP contribution in [-0.2, 0) is 40.1 Å². The number of amides is 2. The Morgan fingerprint density at radius 3 is 1.64 bits per heavy atom. The van der Waals surface area contributed by atoms with Crippen LogP contribution in [0.3, 0.4) is 0 Å². The SMILES string of the molecule is CC(=O)Oc1c2n(/c(=N\N)c3cccnc13)CCN(Cc1ccc(F)cc1)C2=O.CP(C)(=O)c1ccccc1/C=N\N=c1\c2cccnc2c(O)c2n1CCN(Cc1ccc(F)cc1)C2=O.CP(C)(=O)c1ccccc1C=O. The molecule has 0 spiro atoms. The van der Waals surface area contributed by atoms with E-state index < -0.39 is 20.3 Å². The van der Waals surface area contributed by atoms with Crippen LogP contribution in [0.2, 0.25) is 0 Å². The lowest BCUT2D eigenvalue weighted by Gasteiger charge is -2.31. The van der Waals surface area contributed by atoms with Crippen molar-refractivity contribution in [2.24, 2.45) is 21.1 Å². The first kappa shape index (κ1) is 55.5. The van der Waals surface area contributed by atoms with E-state index >= 15 is 0 Å². The van der Waals surface area contributed by atoms with E-state index in [1.165, 1.54) is 43.6 Å². The average molecular weight is 1100 g/mol. The summed E-state index contributed by atoms with van der Waals surface area (Å²) in [5, 5.41) is 26.1. The molecule has 2 aliphatic heterocycles. The summed E-state index contributed by atoms with van der Waals surface area (Å²) in [5.74, 6) is 3.47. The first-order valence-corrected chi connectivity index (χ1v) is 29.5. The van der Waals surface area contributed by atoms with Gasteiger partial charge >= 0.3 is 5.97 Å². The van der Waals surface area contributed by atoms with E-state index in [4.69, 9.17) is 10.6 Å². The van der Waals surface area contributed by atoms with E-state index in [9.17, 15) is 42.2 Å². The minimum Gasteiger partial charge on any atom is -0.504 e. The fraction of sp³-hybridized carbons (Fsp3) is 0.196. The van der Waals surface area contributed by atoms with Crippen LogP contribution in [0.25, 0.3) is 21.8 Å². The molecule has 400 valence electrons. The van der Waals surface area contributed by atoms with Gasteiger partial charge < -0.3 is 43.8 Å². The van der Waals surface area contributed by atoms with Crippen molar-refractivity contribution >= 4 is 77.0 Å². The van der Waals surface area contributed by atoms with Gasteiger partial charge in [-0.3, -0.25) is 29.1 Å². The van der Waals surface area contributed by atoms with Crippen molar-refractivity contribution in [1.82, 2.24) is 28.9 Å². The molecule has 2 aliphatic rings. The normalized spacial score (nSPS) is 13.9. The van der Waals surface area contributed by atoms with Crippen molar-refractivity contribution in [1.29, 1.82) is 0 Å². The van der Waals surface area contributed by atoms with Gasteiger partial charge in [-0.1, -0.05) is 72.8 Å². The molecule has 4 aromatic heterocycles. The van der Waals surface area contributed by atoms with Crippen LogP contribution < -0.4 is 32.2 Å². The summed E-state index contributed by atoms with van der Waals surface area (Å²) in [6, 6.07) is 33.2. The summed E-state index contributed by atoms with van der Waals surface area (Å²) in [7, 11) is -4.84. The fourth-order valence-electron chi connectivity index (χ4n) is 9.05. The molecule has 0 radical (unpaired) electrons. The van der Waals surface area contributed by atoms with E-state index in [1.54, 1.807) is 125 Å². The number of esters is 1. The van der Waals surface area contributed by atoms with Crippen LogP contribution in [0.15, 0.2) is 149 Å². The van der Waals surface area contributed by atoms with Crippen molar-refractivity contribution in [3.63, 3.8) is 0 Å². The highest BCUT2D eigenvalue weighted by molar-refractivity contribution is 7.70. The first-order chi connectivity index (χ1) is 37.3. The Morgan fingerprint density at radius 2 is 1.14 bits per heavy atom. The number of carbonyl (C=O) groups is 4. The number of hydrogen-bond donors (Lipinski definition) is 2. The Labute approximate surface area is 446 Å². The lowest BCUT2D eigenvalue weighted by Crippen LogP contribution is -2.45. The Bertz CT molecular complexity index is 3910. The van der Waals surface area contributed by atoms with Gasteiger partial charge in [0, 0.05) is 91.1 Å². The number of benzene rings is 4. The quantitative estimate of drug-likeness (QED) is 0.0353. The molecule has 18 nitrogen and oxygen atoms in total. The number of nitrogens with zero attached hydrogens (tertiary/aromatic N) is 9. The molecule has 6 heterocycles. The number of nitrogens with two attached hydrogens (primary N) is 1. The maximum absolute atomic E-state index is 13.5. The molecule has 0 fully saturated rings. The molecular formula is C56H54F2N10O8P2. The topological polar surface area (TPSA) is 237 Å². The molecule has 78 heavy (non-hydrogen) atoms. The second-order valence-electron chi connectivity index (χ2n) is 18.8. The highest BCUT2D eigenvalue weighted by Gasteiger charge is 2.33. The maximum atomic E-state index is 13.5. The Hall–Kier alpha value is -8.73. The second kappa shape index (κ2) is 23.7. The third-order valence-corrected chi connectivity index (χ3v) is 15.8. The summed E-state index contributed by atoms with van der Waals surface area (Å²) in [6.45, 7) is 10.1. The van der Waals surface area contributed by atoms with Gasteiger partial charge in [0.25, 0.3) is 11.8 Å². The lowest BCUT2D eigenvalue weighted by molar-refractivity contribution is -0.131. The molecule has 0 aliphatic carbocycles. The van der Waals surface area contributed by atoms with E-state index in [2.05, 4.69) is 25.3 Å². The number of aromatic nitrogens is 4. The molecule has 0 bridgehead atoms. The van der Waals surface area contributed by atoms with Crippen LogP contribution in [0.1, 0.15) is 54.9 Å². The van der Waals surface area contributed by atoms with Crippen LogP contribution in [-0.4, -0.2) is 104 Å². The number of aromatic hydroxyl groups is 1. The molecule has 22 heteroatoms. The van der Waals surface area contributed by atoms with Gasteiger partial charge in [-0.15, -0.1) is 5.10 Å². The van der Waals surface area contributed by atoms with E-state index in [0.717, 1.165) is 17.4 Å². The highest BCUT2D eigenvalue weighted by Crippen LogP contribution is 2.37. The maximum Gasteiger partial charge on any atom is 0.308 e. The van der Waals surface area contributed by atoms with Gasteiger partial charge in [-0.05, 0) is 86.3 Å². The highest BCUT2D eigenvalue weighted by atomic mass is 31.2. The van der Waals surface area contributed by atoms with Gasteiger partial charge in [-0.25, -0.2) is 8.78 Å². The van der Waals surface area contributed by atoms with Gasteiger partial charge in [0.1, 0.15) is 37.0 Å². The smallest absolute Gasteiger partial charge is 0.308 e. The van der Waals surface area contributed by atoms with E-state index in [-0.39, 0.29) is 64.9 Å². The first-order valence-electron chi connectivity index (χ1n) is 24.3. The summed E-state index contributed by atoms with van der Waals surface area (Å²) >= 11 is 0. The molecule has 0 atom stereocenters. The van der Waals surface area contributed by atoms with Crippen molar-refractivity contribution in [3.05, 3.63) is 190 Å². The van der Waals surface area contributed by atoms with Crippen molar-refractivity contribution in [2.45, 2.75) is 33.1 Å². The predicted octanol–water partition coefficient (Wildman–Crippen LogP) is 7.00. The molecule has 4 aromatic carbocycles. The number of carbonyl (C=O) groups excluding carboxylic acids is 4. The molecule has 0 saturated carbocycles. The van der Waals surface area contributed by atoms with Crippen LogP contribution >= 0.6 is 14.3 Å². The number of rotatable bonds is 10. The largest absolute Gasteiger partial charge is 0.504 e. The molecule has 0 saturated heterocycles. The van der Waals surface area contributed by atoms with Crippen LogP contribution in [0.5, 0.6) is 11.5 Å². The van der Waals surface area contributed by atoms with Gasteiger partial charge in [0.05, 0.1) is 6.21 Å². The van der Waals surface area contributed by atoms with Crippen molar-refractivity contribution in [2.75, 3.05) is 39.7 Å². The predicted molar refractivity (Wildman–Crippen MR) is 294 cm³/mol. The Morgan fingerprint density at radius 1 is 0.667 bits per heavy atom. The molecular weight excluding hydrogens is 1040 g/mol. The summed E-state index contributed by atoms with van der Waals surface area (Å²) < 4.78 is 59.5. The third-order valence-electron chi connectivity index (χ3n) is 12.6.